The third kappa shape index (κ3) is 8.64. The second-order valence-corrected chi connectivity index (χ2v) is 17.4. The molecule has 0 aliphatic carbocycles. The molecule has 0 saturated carbocycles. The van der Waals surface area contributed by atoms with Crippen LogP contribution in [0, 0.1) is 17.9 Å². The summed E-state index contributed by atoms with van der Waals surface area (Å²) in [4.78, 5) is 13.5. The van der Waals surface area contributed by atoms with Gasteiger partial charge in [0.15, 0.2) is 11.5 Å². The monoisotopic (exact) mass is 963 g/mol. The molecular weight excluding hydrogens is 929 g/mol. The fourth-order valence-corrected chi connectivity index (χ4v) is 9.58. The van der Waals surface area contributed by atoms with Crippen LogP contribution >= 0.6 is 0 Å². The summed E-state index contributed by atoms with van der Waals surface area (Å²) in [5.74, 6) is 0.298. The normalized spacial score (nSPS) is 11.7. The molecule has 11 aromatic rings. The van der Waals surface area contributed by atoms with Crippen LogP contribution in [0.4, 0.5) is 32.0 Å². The van der Waals surface area contributed by atoms with Crippen LogP contribution in [-0.2, 0) is 12.4 Å². The predicted octanol–water partition coefficient (Wildman–Crippen LogP) is 17.7. The first-order chi connectivity index (χ1) is 35.4. The molecular formula is C62H35F6N5. The molecule has 0 unspecified atom stereocenters. The van der Waals surface area contributed by atoms with Gasteiger partial charge in [-0.05, 0) is 106 Å². The molecule has 0 saturated heterocycles. The molecule has 0 aliphatic heterocycles. The molecule has 9 aromatic carbocycles. The quantitative estimate of drug-likeness (QED) is 0.113. The molecule has 5 nitrogen and oxygen atoms in total. The second kappa shape index (κ2) is 18.3. The highest BCUT2D eigenvalue weighted by Crippen LogP contribution is 2.50. The number of benzene rings is 9. The number of hydrogen-bond donors (Lipinski definition) is 0. The van der Waals surface area contributed by atoms with E-state index < -0.39 is 23.5 Å². The van der Waals surface area contributed by atoms with E-state index in [0.29, 0.717) is 50.1 Å². The molecule has 2 heterocycles. The minimum Gasteiger partial charge on any atom is -0.308 e. The van der Waals surface area contributed by atoms with Crippen molar-refractivity contribution in [2.75, 3.05) is 0 Å². The summed E-state index contributed by atoms with van der Waals surface area (Å²) in [6.45, 7) is 7.69. The van der Waals surface area contributed by atoms with Crippen LogP contribution in [0.2, 0.25) is 0 Å². The van der Waals surface area contributed by atoms with Crippen LogP contribution in [0.3, 0.4) is 0 Å². The van der Waals surface area contributed by atoms with Gasteiger partial charge in [-0.1, -0.05) is 140 Å². The predicted molar refractivity (Wildman–Crippen MR) is 275 cm³/mol. The number of halogens is 6. The first-order valence-corrected chi connectivity index (χ1v) is 22.9. The Morgan fingerprint density at radius 3 is 1.42 bits per heavy atom. The zero-order chi connectivity index (χ0) is 50.4. The summed E-state index contributed by atoms with van der Waals surface area (Å²) in [5, 5.41) is 11.1. The Morgan fingerprint density at radius 1 is 0.425 bits per heavy atom. The molecule has 0 amide bonds. The van der Waals surface area contributed by atoms with E-state index in [1.807, 2.05) is 97.1 Å². The molecule has 11 heteroatoms. The molecule has 0 N–H and O–H groups in total. The van der Waals surface area contributed by atoms with E-state index in [4.69, 9.17) is 16.5 Å². The molecule has 2 aromatic heterocycles. The molecule has 0 aliphatic rings. The van der Waals surface area contributed by atoms with Crippen molar-refractivity contribution in [2.45, 2.75) is 12.4 Å². The maximum Gasteiger partial charge on any atom is 0.417 e. The van der Waals surface area contributed by atoms with E-state index >= 15 is 26.3 Å². The lowest BCUT2D eigenvalue weighted by atomic mass is 9.88. The topological polar surface area (TPSA) is 58.9 Å². The number of rotatable bonds is 8. The van der Waals surface area contributed by atoms with Gasteiger partial charge in [0.2, 0.25) is 0 Å². The SMILES string of the molecule is [C-]#[N+]c1cccc(-c2ccc3c(c2)c2cc(-c4cccc(C#N)c4)ccc2n3-c2c(-c3ccccc3C(F)(F)F)cc(-c3cc(-c4ccccc4)nc(-c4ccccc4)n3)cc2-c2ccccc2C(F)(F)F)c1. The van der Waals surface area contributed by atoms with Crippen LogP contribution in [0.1, 0.15) is 16.7 Å². The van der Waals surface area contributed by atoms with Crippen molar-refractivity contribution in [3.63, 3.8) is 0 Å². The van der Waals surface area contributed by atoms with Crippen molar-refractivity contribution in [2.24, 2.45) is 0 Å². The Labute approximate surface area is 415 Å². The van der Waals surface area contributed by atoms with E-state index in [0.717, 1.165) is 39.9 Å². The van der Waals surface area contributed by atoms with Crippen LogP contribution < -0.4 is 0 Å². The minimum atomic E-state index is -4.90. The first-order valence-electron chi connectivity index (χ1n) is 22.9. The van der Waals surface area contributed by atoms with Crippen LogP contribution in [0.15, 0.2) is 212 Å². The average molecular weight is 964 g/mol. The standard InChI is InChI=1S/C62H35F6N5/c1-70-46-21-13-20-42(31-46)44-27-29-58-50(33-44)49-32-43(41-19-12-14-38(30-41)37-69)26-28-57(49)73(58)59-51(47-22-8-10-24-53(47)61(63,64)65)34-45(35-52(59)48-23-9-11-25-54(48)62(66,67)68)56-36-55(39-15-4-2-5-16-39)71-60(72-56)40-17-6-3-7-18-40/h2-36H. The summed E-state index contributed by atoms with van der Waals surface area (Å²) in [5.41, 5.74) is 4.52. The lowest BCUT2D eigenvalue weighted by molar-refractivity contribution is -0.137. The van der Waals surface area contributed by atoms with Gasteiger partial charge < -0.3 is 4.57 Å². The van der Waals surface area contributed by atoms with Crippen molar-refractivity contribution < 1.29 is 26.3 Å². The first kappa shape index (κ1) is 45.8. The lowest BCUT2D eigenvalue weighted by Gasteiger charge is -2.24. The number of fused-ring (bicyclic) bond motifs is 3. The molecule has 0 atom stereocenters. The van der Waals surface area contributed by atoms with E-state index in [1.165, 1.54) is 36.4 Å². The summed E-state index contributed by atoms with van der Waals surface area (Å²) in [6.07, 6.45) is -9.79. The van der Waals surface area contributed by atoms with Gasteiger partial charge in [0, 0.05) is 38.6 Å². The third-order valence-electron chi connectivity index (χ3n) is 12.9. The highest BCUT2D eigenvalue weighted by atomic mass is 19.4. The smallest absolute Gasteiger partial charge is 0.308 e. The minimum absolute atomic E-state index is 0.0167. The Bertz CT molecular complexity index is 3780. The number of hydrogen-bond acceptors (Lipinski definition) is 3. The van der Waals surface area contributed by atoms with Gasteiger partial charge >= 0.3 is 12.4 Å². The van der Waals surface area contributed by atoms with Gasteiger partial charge in [-0.3, -0.25) is 0 Å². The van der Waals surface area contributed by atoms with Gasteiger partial charge in [0.05, 0.1) is 57.4 Å². The Balaban J connectivity index is 1.31. The maximum absolute atomic E-state index is 15.6. The number of alkyl halides is 6. The summed E-state index contributed by atoms with van der Waals surface area (Å²) in [7, 11) is 0. The van der Waals surface area contributed by atoms with Crippen molar-refractivity contribution >= 4 is 27.5 Å². The van der Waals surface area contributed by atoms with Crippen LogP contribution in [0.25, 0.3) is 111 Å². The van der Waals surface area contributed by atoms with Crippen molar-refractivity contribution in [3.05, 3.63) is 240 Å². The van der Waals surface area contributed by atoms with E-state index in [9.17, 15) is 5.26 Å². The molecule has 350 valence electrons. The van der Waals surface area contributed by atoms with Crippen molar-refractivity contribution in [3.8, 4) is 90.2 Å². The highest BCUT2D eigenvalue weighted by molar-refractivity contribution is 6.13. The molecule has 0 bridgehead atoms. The fraction of sp³-hybridized carbons (Fsp3) is 0.0323. The zero-order valence-electron chi connectivity index (χ0n) is 38.2. The van der Waals surface area contributed by atoms with Gasteiger partial charge in [0.1, 0.15) is 0 Å². The number of nitrogens with zero attached hydrogens (tertiary/aromatic N) is 5. The summed E-state index contributed by atoms with van der Waals surface area (Å²) in [6, 6.07) is 60.9. The van der Waals surface area contributed by atoms with E-state index in [-0.39, 0.29) is 39.2 Å². The molecule has 0 fully saturated rings. The Hall–Kier alpha value is -9.58. The second-order valence-electron chi connectivity index (χ2n) is 17.4. The van der Waals surface area contributed by atoms with E-state index in [1.54, 1.807) is 71.3 Å². The Morgan fingerprint density at radius 2 is 0.890 bits per heavy atom. The van der Waals surface area contributed by atoms with Gasteiger partial charge in [-0.15, -0.1) is 0 Å². The van der Waals surface area contributed by atoms with Gasteiger partial charge in [-0.2, -0.15) is 31.6 Å². The van der Waals surface area contributed by atoms with Crippen molar-refractivity contribution in [1.82, 2.24) is 14.5 Å². The largest absolute Gasteiger partial charge is 0.417 e. The van der Waals surface area contributed by atoms with Crippen LogP contribution in [-0.4, -0.2) is 14.5 Å². The Kier molecular flexibility index (Phi) is 11.5. The number of aromatic nitrogens is 3. The molecule has 0 radical (unpaired) electrons. The van der Waals surface area contributed by atoms with E-state index in [2.05, 4.69) is 10.9 Å². The lowest BCUT2D eigenvalue weighted by Crippen LogP contribution is -2.11. The summed E-state index contributed by atoms with van der Waals surface area (Å²) < 4.78 is 95.2. The summed E-state index contributed by atoms with van der Waals surface area (Å²) >= 11 is 0. The van der Waals surface area contributed by atoms with Gasteiger partial charge in [0.25, 0.3) is 0 Å². The molecule has 0 spiro atoms. The van der Waals surface area contributed by atoms with Gasteiger partial charge in [-0.25, -0.2) is 14.8 Å². The average Bonchev–Trinajstić information content (AvgIpc) is 3.75. The third-order valence-corrected chi connectivity index (χ3v) is 12.9. The molecule has 11 rings (SSSR count). The maximum atomic E-state index is 15.6. The molecule has 73 heavy (non-hydrogen) atoms. The van der Waals surface area contributed by atoms with Crippen molar-refractivity contribution in [1.29, 1.82) is 5.26 Å². The van der Waals surface area contributed by atoms with Crippen LogP contribution in [0.5, 0.6) is 0 Å². The fourth-order valence-electron chi connectivity index (χ4n) is 9.58. The number of nitriles is 1. The zero-order valence-corrected chi connectivity index (χ0v) is 38.2. The highest BCUT2D eigenvalue weighted by Gasteiger charge is 2.37.